The lowest BCUT2D eigenvalue weighted by Crippen LogP contribution is -2.43. The summed E-state index contributed by atoms with van der Waals surface area (Å²) in [6.45, 7) is 13.4. The molecule has 214 valence electrons. The van der Waals surface area contributed by atoms with Crippen LogP contribution in [0.2, 0.25) is 0 Å². The van der Waals surface area contributed by atoms with Crippen molar-refractivity contribution in [3.63, 3.8) is 0 Å². The fourth-order valence-corrected chi connectivity index (χ4v) is 3.67. The van der Waals surface area contributed by atoms with Gasteiger partial charge < -0.3 is 24.3 Å². The lowest BCUT2D eigenvalue weighted by molar-refractivity contribution is -0.152. The number of carbonyl (C=O) groups is 4. The summed E-state index contributed by atoms with van der Waals surface area (Å²) in [4.78, 5) is 49.4. The fraction of sp³-hybridized carbons (Fsp3) is 0.655. The van der Waals surface area contributed by atoms with Crippen LogP contribution >= 0.6 is 0 Å². The van der Waals surface area contributed by atoms with E-state index in [-0.39, 0.29) is 61.0 Å². The molecule has 0 saturated carbocycles. The summed E-state index contributed by atoms with van der Waals surface area (Å²) in [5, 5.41) is 3.10. The average molecular weight is 536 g/mol. The molecule has 2 unspecified atom stereocenters. The Morgan fingerprint density at radius 2 is 1.42 bits per heavy atom. The molecule has 0 aromatic heterocycles. The maximum absolute atomic E-state index is 12.5. The van der Waals surface area contributed by atoms with Crippen molar-refractivity contribution >= 4 is 23.9 Å². The third-order valence-electron chi connectivity index (χ3n) is 5.62. The van der Waals surface area contributed by atoms with Gasteiger partial charge in [0.15, 0.2) is 11.5 Å². The van der Waals surface area contributed by atoms with Gasteiger partial charge in [-0.3, -0.25) is 19.2 Å². The summed E-state index contributed by atoms with van der Waals surface area (Å²) in [7, 11) is 1.29. The van der Waals surface area contributed by atoms with Crippen molar-refractivity contribution in [3.05, 3.63) is 23.8 Å². The second-order valence-corrected chi connectivity index (χ2v) is 10.6. The Balaban J connectivity index is 3.04. The Morgan fingerprint density at radius 1 is 0.842 bits per heavy atom. The molecule has 38 heavy (non-hydrogen) atoms. The highest BCUT2D eigenvalue weighted by Crippen LogP contribution is 2.30. The van der Waals surface area contributed by atoms with Crippen LogP contribution in [-0.2, 0) is 35.1 Å². The molecule has 1 N–H and O–H groups in total. The molecule has 9 nitrogen and oxygen atoms in total. The lowest BCUT2D eigenvalue weighted by Gasteiger charge is -2.21. The lowest BCUT2D eigenvalue weighted by atomic mass is 10.0. The maximum Gasteiger partial charge on any atom is 0.323 e. The number of methoxy groups -OCH3 is 1. The second-order valence-electron chi connectivity index (χ2n) is 10.6. The van der Waals surface area contributed by atoms with E-state index in [2.05, 4.69) is 5.32 Å². The second kappa shape index (κ2) is 16.8. The van der Waals surface area contributed by atoms with Crippen LogP contribution in [0.1, 0.15) is 79.7 Å². The number of carbonyl (C=O) groups excluding carboxylic acids is 4. The molecule has 0 saturated heterocycles. The normalized spacial score (nSPS) is 13.5. The first-order chi connectivity index (χ1) is 17.9. The van der Waals surface area contributed by atoms with Gasteiger partial charge in [0.05, 0.1) is 13.0 Å². The van der Waals surface area contributed by atoms with Crippen LogP contribution in [0.3, 0.4) is 0 Å². The first-order valence-corrected chi connectivity index (χ1v) is 13.4. The van der Waals surface area contributed by atoms with E-state index in [1.807, 2.05) is 41.5 Å². The van der Waals surface area contributed by atoms with Crippen molar-refractivity contribution in [1.29, 1.82) is 0 Å². The van der Waals surface area contributed by atoms with Gasteiger partial charge in [-0.15, -0.1) is 0 Å². The van der Waals surface area contributed by atoms with Crippen molar-refractivity contribution in [3.8, 4) is 11.5 Å². The zero-order chi connectivity index (χ0) is 28.8. The Labute approximate surface area is 226 Å². The van der Waals surface area contributed by atoms with Crippen LogP contribution < -0.4 is 14.8 Å². The monoisotopic (exact) mass is 535 g/mol. The first kappa shape index (κ1) is 33.1. The first-order valence-electron chi connectivity index (χ1n) is 13.4. The summed E-state index contributed by atoms with van der Waals surface area (Å²) in [5.41, 5.74) is 0.658. The molecule has 0 radical (unpaired) electrons. The number of ether oxygens (including phenoxy) is 4. The largest absolute Gasteiger partial charge is 0.468 e. The summed E-state index contributed by atoms with van der Waals surface area (Å²) in [5.74, 6) is -1.39. The number of hydrogen-bond donors (Lipinski definition) is 1. The molecule has 0 bridgehead atoms. The Kier molecular flexibility index (Phi) is 14.6. The van der Waals surface area contributed by atoms with Gasteiger partial charge in [-0.05, 0) is 49.3 Å². The van der Waals surface area contributed by atoms with Crippen LogP contribution in [0.15, 0.2) is 18.2 Å². The zero-order valence-corrected chi connectivity index (χ0v) is 24.1. The topological polar surface area (TPSA) is 117 Å². The molecular formula is C29H45NO8. The smallest absolute Gasteiger partial charge is 0.323 e. The van der Waals surface area contributed by atoms with Gasteiger partial charge >= 0.3 is 23.9 Å². The number of benzene rings is 1. The molecule has 3 atom stereocenters. The summed E-state index contributed by atoms with van der Waals surface area (Å²) in [6.07, 6.45) is 1.80. The molecule has 0 spiro atoms. The predicted molar refractivity (Wildman–Crippen MR) is 144 cm³/mol. The van der Waals surface area contributed by atoms with Crippen LogP contribution in [0.25, 0.3) is 0 Å². The van der Waals surface area contributed by atoms with Crippen molar-refractivity contribution in [1.82, 2.24) is 5.32 Å². The molecule has 0 fully saturated rings. The van der Waals surface area contributed by atoms with Crippen molar-refractivity contribution in [2.75, 3.05) is 13.7 Å². The number of rotatable bonds is 16. The van der Waals surface area contributed by atoms with Crippen molar-refractivity contribution in [2.24, 2.45) is 17.8 Å². The third kappa shape index (κ3) is 12.5. The van der Waals surface area contributed by atoms with Gasteiger partial charge in [-0.1, -0.05) is 54.0 Å². The minimum absolute atomic E-state index is 0.0894. The minimum atomic E-state index is -0.747. The highest BCUT2D eigenvalue weighted by atomic mass is 16.6. The third-order valence-corrected chi connectivity index (χ3v) is 5.62. The zero-order valence-electron chi connectivity index (χ0n) is 24.1. The summed E-state index contributed by atoms with van der Waals surface area (Å²) < 4.78 is 21.5. The van der Waals surface area contributed by atoms with Gasteiger partial charge in [0.2, 0.25) is 0 Å². The summed E-state index contributed by atoms with van der Waals surface area (Å²) in [6, 6.07) is 4.09. The van der Waals surface area contributed by atoms with E-state index in [1.54, 1.807) is 25.1 Å². The van der Waals surface area contributed by atoms with E-state index in [1.165, 1.54) is 7.11 Å². The number of esters is 4. The Morgan fingerprint density at radius 3 is 1.95 bits per heavy atom. The van der Waals surface area contributed by atoms with Crippen LogP contribution in [0, 0.1) is 17.8 Å². The molecule has 1 aromatic carbocycles. The minimum Gasteiger partial charge on any atom is -0.468 e. The van der Waals surface area contributed by atoms with Gasteiger partial charge in [0, 0.05) is 19.4 Å². The average Bonchev–Trinajstić information content (AvgIpc) is 2.81. The van der Waals surface area contributed by atoms with Gasteiger partial charge in [0.1, 0.15) is 12.1 Å². The van der Waals surface area contributed by atoms with E-state index in [4.69, 9.17) is 18.9 Å². The Hall–Kier alpha value is -2.94. The molecular weight excluding hydrogens is 490 g/mol. The highest BCUT2D eigenvalue weighted by molar-refractivity contribution is 5.77. The molecule has 1 rings (SSSR count). The molecule has 9 heteroatoms. The van der Waals surface area contributed by atoms with E-state index in [9.17, 15) is 19.2 Å². The Bertz CT molecular complexity index is 927. The van der Waals surface area contributed by atoms with Gasteiger partial charge in [-0.25, -0.2) is 0 Å². The predicted octanol–water partition coefficient (Wildman–Crippen LogP) is 4.63. The van der Waals surface area contributed by atoms with Gasteiger partial charge in [0.25, 0.3) is 0 Å². The van der Waals surface area contributed by atoms with Crippen LogP contribution in [0.4, 0.5) is 0 Å². The van der Waals surface area contributed by atoms with E-state index in [0.717, 1.165) is 12.8 Å². The van der Waals surface area contributed by atoms with Crippen molar-refractivity contribution < 1.29 is 38.1 Å². The molecule has 1 aromatic rings. The summed E-state index contributed by atoms with van der Waals surface area (Å²) >= 11 is 0. The molecule has 0 heterocycles. The van der Waals surface area contributed by atoms with Crippen molar-refractivity contribution in [2.45, 2.75) is 92.7 Å². The van der Waals surface area contributed by atoms with E-state index >= 15 is 0 Å². The molecule has 0 aliphatic carbocycles. The van der Waals surface area contributed by atoms with Crippen LogP contribution in [-0.4, -0.2) is 49.7 Å². The highest BCUT2D eigenvalue weighted by Gasteiger charge is 2.24. The molecule has 0 aliphatic rings. The fourth-order valence-electron chi connectivity index (χ4n) is 3.67. The van der Waals surface area contributed by atoms with Crippen LogP contribution in [0.5, 0.6) is 11.5 Å². The van der Waals surface area contributed by atoms with E-state index in [0.29, 0.717) is 5.56 Å². The number of hydrogen-bond acceptors (Lipinski definition) is 9. The van der Waals surface area contributed by atoms with Gasteiger partial charge in [-0.2, -0.15) is 0 Å². The van der Waals surface area contributed by atoms with E-state index < -0.39 is 30.1 Å². The quantitative estimate of drug-likeness (QED) is 0.239. The standard InChI is InChI=1S/C29H45NO8/c1-9-10-20(6)28(33)36-21(7)17-30-23(29(34)35-8)15-22-11-12-24(37-26(31)13-18(2)3)25(16-22)38-27(32)14-19(4)5/h11-12,16,18-21,23,30H,9-10,13-15,17H2,1-8H3/t20?,21?,23-/m0/s1. The maximum atomic E-state index is 12.5. The SMILES string of the molecule is CCCC(C)C(=O)OC(C)CN[C@@H](Cc1ccc(OC(=O)CC(C)C)c(OC(=O)CC(C)C)c1)C(=O)OC. The number of nitrogens with one attached hydrogen (secondary N) is 1. The molecule has 0 aliphatic heterocycles. The molecule has 0 amide bonds.